The first kappa shape index (κ1) is 15.2. The van der Waals surface area contributed by atoms with Gasteiger partial charge in [-0.15, -0.1) is 11.8 Å². The first-order valence-corrected chi connectivity index (χ1v) is 7.62. The lowest BCUT2D eigenvalue weighted by Gasteiger charge is -2.17. The monoisotopic (exact) mass is 268 g/mol. The van der Waals surface area contributed by atoms with Gasteiger partial charge in [-0.25, -0.2) is 9.97 Å². The van der Waals surface area contributed by atoms with E-state index in [1.54, 1.807) is 0 Å². The summed E-state index contributed by atoms with van der Waals surface area (Å²) >= 11 is 1.81. The number of aryl methyl sites for hydroxylation is 1. The molecule has 4 nitrogen and oxygen atoms in total. The summed E-state index contributed by atoms with van der Waals surface area (Å²) in [4.78, 5) is 11.2. The molecule has 0 saturated carbocycles. The molecule has 0 atom stereocenters. The van der Waals surface area contributed by atoms with Crippen LogP contribution in [0.1, 0.15) is 26.3 Å². The van der Waals surface area contributed by atoms with Crippen LogP contribution in [0, 0.1) is 6.92 Å². The largest absolute Gasteiger partial charge is 0.354 e. The second-order valence-corrected chi connectivity index (χ2v) is 5.17. The Hall–Kier alpha value is -0.810. The first-order chi connectivity index (χ1) is 8.71. The lowest BCUT2D eigenvalue weighted by atomic mass is 10.4. The standard InChI is InChI=1S/C13H24N4S/c1-5-14-13-15-10-11(4)12(16-13)18-9-8-17(6-2)7-3/h10H,5-9H2,1-4H3,(H,14,15,16). The maximum absolute atomic E-state index is 4.53. The summed E-state index contributed by atoms with van der Waals surface area (Å²) in [5, 5.41) is 4.24. The molecule has 0 fully saturated rings. The van der Waals surface area contributed by atoms with Crippen molar-refractivity contribution in [2.45, 2.75) is 32.7 Å². The summed E-state index contributed by atoms with van der Waals surface area (Å²) in [6.07, 6.45) is 1.89. The van der Waals surface area contributed by atoms with Gasteiger partial charge in [0.25, 0.3) is 0 Å². The molecule has 1 N–H and O–H groups in total. The summed E-state index contributed by atoms with van der Waals surface area (Å²) in [6.45, 7) is 12.7. The minimum atomic E-state index is 0.730. The molecule has 0 radical (unpaired) electrons. The highest BCUT2D eigenvalue weighted by molar-refractivity contribution is 7.99. The van der Waals surface area contributed by atoms with Gasteiger partial charge in [0.2, 0.25) is 5.95 Å². The number of aromatic nitrogens is 2. The molecule has 0 aliphatic carbocycles. The van der Waals surface area contributed by atoms with Crippen molar-refractivity contribution in [3.63, 3.8) is 0 Å². The summed E-state index contributed by atoms with van der Waals surface area (Å²) in [5.41, 5.74) is 1.15. The number of anilines is 1. The number of thioether (sulfide) groups is 1. The fourth-order valence-corrected chi connectivity index (χ4v) is 2.60. The molecule has 0 aromatic carbocycles. The molecular weight excluding hydrogens is 244 g/mol. The Morgan fingerprint density at radius 3 is 2.61 bits per heavy atom. The van der Waals surface area contributed by atoms with Crippen LogP contribution in [0.25, 0.3) is 0 Å². The average Bonchev–Trinajstić information content (AvgIpc) is 2.38. The molecule has 1 aromatic rings. The van der Waals surface area contributed by atoms with Crippen LogP contribution in [-0.2, 0) is 0 Å². The van der Waals surface area contributed by atoms with Gasteiger partial charge in [-0.2, -0.15) is 0 Å². The maximum Gasteiger partial charge on any atom is 0.223 e. The second kappa shape index (κ2) is 8.32. The zero-order chi connectivity index (χ0) is 13.4. The average molecular weight is 268 g/mol. The van der Waals surface area contributed by atoms with E-state index in [0.717, 1.165) is 48.5 Å². The van der Waals surface area contributed by atoms with Crippen LogP contribution in [0.2, 0.25) is 0 Å². The van der Waals surface area contributed by atoms with Crippen molar-refractivity contribution in [1.29, 1.82) is 0 Å². The van der Waals surface area contributed by atoms with Crippen molar-refractivity contribution < 1.29 is 0 Å². The van der Waals surface area contributed by atoms with E-state index in [-0.39, 0.29) is 0 Å². The lowest BCUT2D eigenvalue weighted by molar-refractivity contribution is 0.324. The normalized spacial score (nSPS) is 10.9. The molecule has 0 bridgehead atoms. The molecule has 102 valence electrons. The highest BCUT2D eigenvalue weighted by Crippen LogP contribution is 2.20. The summed E-state index contributed by atoms with van der Waals surface area (Å²) in [7, 11) is 0. The van der Waals surface area contributed by atoms with E-state index in [4.69, 9.17) is 0 Å². The molecule has 0 spiro atoms. The maximum atomic E-state index is 4.53. The highest BCUT2D eigenvalue weighted by Gasteiger charge is 2.05. The second-order valence-electron chi connectivity index (χ2n) is 4.09. The number of nitrogens with zero attached hydrogens (tertiary/aromatic N) is 3. The fourth-order valence-electron chi connectivity index (χ4n) is 1.63. The van der Waals surface area contributed by atoms with Gasteiger partial charge in [0.1, 0.15) is 5.03 Å². The van der Waals surface area contributed by atoms with Gasteiger partial charge in [0.05, 0.1) is 0 Å². The molecule has 1 rings (SSSR count). The summed E-state index contributed by atoms with van der Waals surface area (Å²) in [6, 6.07) is 0. The fraction of sp³-hybridized carbons (Fsp3) is 0.692. The summed E-state index contributed by atoms with van der Waals surface area (Å²) < 4.78 is 0. The Morgan fingerprint density at radius 1 is 1.28 bits per heavy atom. The van der Waals surface area contributed by atoms with Crippen LogP contribution in [-0.4, -0.2) is 46.8 Å². The Labute approximate surface area is 115 Å². The molecule has 18 heavy (non-hydrogen) atoms. The third kappa shape index (κ3) is 4.82. The molecule has 1 aromatic heterocycles. The Morgan fingerprint density at radius 2 is 2.00 bits per heavy atom. The van der Waals surface area contributed by atoms with Crippen LogP contribution in [0.4, 0.5) is 5.95 Å². The van der Waals surface area contributed by atoms with Crippen molar-refractivity contribution in [3.05, 3.63) is 11.8 Å². The molecule has 0 saturated heterocycles. The van der Waals surface area contributed by atoms with E-state index in [2.05, 4.69) is 47.9 Å². The quantitative estimate of drug-likeness (QED) is 0.580. The predicted molar refractivity (Wildman–Crippen MR) is 79.4 cm³/mol. The van der Waals surface area contributed by atoms with Gasteiger partial charge in [-0.05, 0) is 32.5 Å². The predicted octanol–water partition coefficient (Wildman–Crippen LogP) is 2.65. The smallest absolute Gasteiger partial charge is 0.223 e. The van der Waals surface area contributed by atoms with Crippen molar-refractivity contribution in [3.8, 4) is 0 Å². The molecule has 1 heterocycles. The van der Waals surface area contributed by atoms with E-state index < -0.39 is 0 Å². The SMILES string of the molecule is CCNc1ncc(C)c(SCCN(CC)CC)n1. The van der Waals surface area contributed by atoms with E-state index >= 15 is 0 Å². The van der Waals surface area contributed by atoms with Crippen molar-refractivity contribution in [2.24, 2.45) is 0 Å². The lowest BCUT2D eigenvalue weighted by Crippen LogP contribution is -2.25. The van der Waals surface area contributed by atoms with E-state index in [9.17, 15) is 0 Å². The van der Waals surface area contributed by atoms with Crippen LogP contribution >= 0.6 is 11.8 Å². The van der Waals surface area contributed by atoms with E-state index in [0.29, 0.717) is 0 Å². The third-order valence-corrected chi connectivity index (χ3v) is 3.87. The first-order valence-electron chi connectivity index (χ1n) is 6.63. The zero-order valence-electron chi connectivity index (χ0n) is 11.9. The zero-order valence-corrected chi connectivity index (χ0v) is 12.7. The van der Waals surface area contributed by atoms with E-state index in [1.165, 1.54) is 0 Å². The molecule has 0 aliphatic rings. The van der Waals surface area contributed by atoms with Gasteiger partial charge < -0.3 is 10.2 Å². The van der Waals surface area contributed by atoms with Crippen LogP contribution in [0.15, 0.2) is 11.2 Å². The minimum Gasteiger partial charge on any atom is -0.354 e. The Balaban J connectivity index is 2.52. The Bertz CT molecular complexity index is 353. The summed E-state index contributed by atoms with van der Waals surface area (Å²) in [5.74, 6) is 1.80. The molecule has 0 amide bonds. The van der Waals surface area contributed by atoms with Crippen LogP contribution < -0.4 is 5.32 Å². The molecule has 5 heteroatoms. The van der Waals surface area contributed by atoms with Crippen molar-refractivity contribution in [1.82, 2.24) is 14.9 Å². The van der Waals surface area contributed by atoms with Gasteiger partial charge in [0, 0.05) is 25.0 Å². The molecular formula is C13H24N4S. The molecule has 0 unspecified atom stereocenters. The highest BCUT2D eigenvalue weighted by atomic mass is 32.2. The number of hydrogen-bond acceptors (Lipinski definition) is 5. The van der Waals surface area contributed by atoms with Crippen LogP contribution in [0.3, 0.4) is 0 Å². The number of hydrogen-bond donors (Lipinski definition) is 1. The molecule has 0 aliphatic heterocycles. The van der Waals surface area contributed by atoms with Crippen molar-refractivity contribution in [2.75, 3.05) is 37.2 Å². The van der Waals surface area contributed by atoms with Crippen molar-refractivity contribution >= 4 is 17.7 Å². The number of rotatable bonds is 8. The van der Waals surface area contributed by atoms with Gasteiger partial charge >= 0.3 is 0 Å². The number of nitrogens with one attached hydrogen (secondary N) is 1. The third-order valence-electron chi connectivity index (χ3n) is 2.80. The van der Waals surface area contributed by atoms with Gasteiger partial charge in [-0.1, -0.05) is 13.8 Å². The van der Waals surface area contributed by atoms with Gasteiger partial charge in [0.15, 0.2) is 0 Å². The van der Waals surface area contributed by atoms with E-state index in [1.807, 2.05) is 18.0 Å². The topological polar surface area (TPSA) is 41.1 Å². The minimum absolute atomic E-state index is 0.730. The van der Waals surface area contributed by atoms with Crippen LogP contribution in [0.5, 0.6) is 0 Å². The Kier molecular flexibility index (Phi) is 7.05. The van der Waals surface area contributed by atoms with Gasteiger partial charge in [-0.3, -0.25) is 0 Å².